The summed E-state index contributed by atoms with van der Waals surface area (Å²) in [4.78, 5) is 16.4. The summed E-state index contributed by atoms with van der Waals surface area (Å²) in [5, 5.41) is 15.8. The highest BCUT2D eigenvalue weighted by molar-refractivity contribution is 6.01. The van der Waals surface area contributed by atoms with Gasteiger partial charge in [-0.25, -0.2) is 0 Å². The normalized spacial score (nSPS) is 12.7. The topological polar surface area (TPSA) is 106 Å². The number of carbonyl (C=O) groups is 1. The first-order chi connectivity index (χ1) is 12.9. The van der Waals surface area contributed by atoms with E-state index in [1.807, 2.05) is 26.0 Å². The maximum atomic E-state index is 12.3. The highest BCUT2D eigenvalue weighted by Gasteiger charge is 2.16. The number of rotatable bonds is 8. The van der Waals surface area contributed by atoms with Gasteiger partial charge in [-0.15, -0.1) is 0 Å². The fourth-order valence-electron chi connectivity index (χ4n) is 3.07. The number of nitrogens with one attached hydrogen (secondary N) is 1. The van der Waals surface area contributed by atoms with Gasteiger partial charge in [0.05, 0.1) is 12.6 Å². The van der Waals surface area contributed by atoms with Crippen LogP contribution in [0.1, 0.15) is 41.6 Å². The van der Waals surface area contributed by atoms with Crippen molar-refractivity contribution in [2.75, 3.05) is 20.3 Å². The van der Waals surface area contributed by atoms with Crippen LogP contribution in [0, 0.1) is 32.1 Å². The zero-order valence-electron chi connectivity index (χ0n) is 16.4. The molecular formula is C19H25N5O3. The lowest BCUT2D eigenvalue weighted by atomic mass is 10.1. The van der Waals surface area contributed by atoms with E-state index in [2.05, 4.69) is 26.9 Å². The molecule has 0 aliphatic carbocycles. The van der Waals surface area contributed by atoms with Crippen LogP contribution in [0.5, 0.6) is 0 Å². The second-order valence-corrected chi connectivity index (χ2v) is 6.41. The van der Waals surface area contributed by atoms with Crippen molar-refractivity contribution in [1.29, 1.82) is 5.26 Å². The summed E-state index contributed by atoms with van der Waals surface area (Å²) in [5.74, 6) is 0.571. The predicted molar refractivity (Wildman–Crippen MR) is 99.8 cm³/mol. The molecule has 8 nitrogen and oxygen atoms in total. The molecule has 0 saturated carbocycles. The third-order valence-corrected chi connectivity index (χ3v) is 4.23. The van der Waals surface area contributed by atoms with Gasteiger partial charge >= 0.3 is 0 Å². The lowest BCUT2D eigenvalue weighted by molar-refractivity contribution is -0.117. The Morgan fingerprint density at radius 2 is 2.22 bits per heavy atom. The van der Waals surface area contributed by atoms with Crippen molar-refractivity contribution in [3.8, 4) is 6.07 Å². The smallest absolute Gasteiger partial charge is 0.261 e. The first-order valence-electron chi connectivity index (χ1n) is 8.73. The van der Waals surface area contributed by atoms with Gasteiger partial charge in [0.15, 0.2) is 5.82 Å². The van der Waals surface area contributed by atoms with Crippen molar-refractivity contribution in [3.63, 3.8) is 0 Å². The Hall–Kier alpha value is -2.92. The number of ether oxygens (including phenoxy) is 1. The molecule has 1 N–H and O–H groups in total. The summed E-state index contributed by atoms with van der Waals surface area (Å²) < 4.78 is 12.4. The van der Waals surface area contributed by atoms with Gasteiger partial charge in [0, 0.05) is 31.5 Å². The van der Waals surface area contributed by atoms with Crippen molar-refractivity contribution in [2.45, 2.75) is 40.2 Å². The van der Waals surface area contributed by atoms with Crippen LogP contribution in [0.4, 0.5) is 0 Å². The summed E-state index contributed by atoms with van der Waals surface area (Å²) in [6.07, 6.45) is 2.03. The molecule has 1 atom stereocenters. The number of aromatic nitrogens is 3. The van der Waals surface area contributed by atoms with Gasteiger partial charge in [0.2, 0.25) is 5.89 Å². The molecule has 2 heterocycles. The summed E-state index contributed by atoms with van der Waals surface area (Å²) in [6.45, 7) is 8.65. The van der Waals surface area contributed by atoms with Gasteiger partial charge in [-0.2, -0.15) is 10.2 Å². The van der Waals surface area contributed by atoms with E-state index in [9.17, 15) is 10.1 Å². The Kier molecular flexibility index (Phi) is 6.91. The average Bonchev–Trinajstić information content (AvgIpc) is 3.15. The Bertz CT molecular complexity index is 873. The largest absolute Gasteiger partial charge is 0.383 e. The molecular weight excluding hydrogens is 346 g/mol. The second-order valence-electron chi connectivity index (χ2n) is 6.41. The molecule has 1 amide bonds. The van der Waals surface area contributed by atoms with Crippen LogP contribution in [-0.4, -0.2) is 40.9 Å². The van der Waals surface area contributed by atoms with Crippen LogP contribution in [-0.2, 0) is 16.0 Å². The van der Waals surface area contributed by atoms with Crippen molar-refractivity contribution < 1.29 is 14.1 Å². The Balaban J connectivity index is 2.09. The number of nitrogens with zero attached hydrogens (tertiary/aromatic N) is 4. The lowest BCUT2D eigenvalue weighted by Gasteiger charge is -2.17. The number of hydrogen-bond donors (Lipinski definition) is 1. The molecule has 0 saturated heterocycles. The Labute approximate surface area is 158 Å². The van der Waals surface area contributed by atoms with E-state index in [0.29, 0.717) is 31.3 Å². The van der Waals surface area contributed by atoms with Crippen molar-refractivity contribution in [1.82, 2.24) is 20.0 Å². The molecule has 0 bridgehead atoms. The van der Waals surface area contributed by atoms with E-state index in [-0.39, 0.29) is 11.6 Å². The molecule has 0 aliphatic heterocycles. The second kappa shape index (κ2) is 9.14. The van der Waals surface area contributed by atoms with Crippen LogP contribution in [0.25, 0.3) is 6.08 Å². The third kappa shape index (κ3) is 5.05. The van der Waals surface area contributed by atoms with E-state index in [1.165, 1.54) is 0 Å². The monoisotopic (exact) mass is 371 g/mol. The molecule has 8 heteroatoms. The number of aryl methyl sites for hydroxylation is 2. The Morgan fingerprint density at radius 3 is 2.81 bits per heavy atom. The van der Waals surface area contributed by atoms with E-state index in [1.54, 1.807) is 20.1 Å². The van der Waals surface area contributed by atoms with Gasteiger partial charge < -0.3 is 19.1 Å². The zero-order chi connectivity index (χ0) is 20.0. The number of carbonyl (C=O) groups excluding carboxylic acids is 1. The van der Waals surface area contributed by atoms with Gasteiger partial charge in [0.25, 0.3) is 5.91 Å². The third-order valence-electron chi connectivity index (χ3n) is 4.23. The summed E-state index contributed by atoms with van der Waals surface area (Å²) >= 11 is 0. The van der Waals surface area contributed by atoms with E-state index in [4.69, 9.17) is 9.26 Å². The molecule has 0 aliphatic rings. The quantitative estimate of drug-likeness (QED) is 0.563. The van der Waals surface area contributed by atoms with Crippen molar-refractivity contribution in [3.05, 3.63) is 40.3 Å². The first kappa shape index (κ1) is 20.4. The molecule has 144 valence electrons. The van der Waals surface area contributed by atoms with E-state index < -0.39 is 5.91 Å². The summed E-state index contributed by atoms with van der Waals surface area (Å²) in [7, 11) is 1.67. The molecule has 0 spiro atoms. The molecule has 2 aromatic heterocycles. The standard InChI is InChI=1S/C19H25N5O3/c1-12-8-16(14(3)24(12)13(2)11-26-5)9-17(10-20)19(25)21-7-6-18-22-15(4)23-27-18/h8-9,13H,6-7,11H2,1-5H3,(H,21,25)/b17-9-. The van der Waals surface area contributed by atoms with Crippen LogP contribution in [0.3, 0.4) is 0 Å². The highest BCUT2D eigenvalue weighted by Crippen LogP contribution is 2.22. The van der Waals surface area contributed by atoms with Crippen LogP contribution < -0.4 is 5.32 Å². The van der Waals surface area contributed by atoms with Crippen LogP contribution in [0.2, 0.25) is 0 Å². The molecule has 27 heavy (non-hydrogen) atoms. The molecule has 1 unspecified atom stereocenters. The fourth-order valence-corrected chi connectivity index (χ4v) is 3.07. The molecule has 2 aromatic rings. The summed E-state index contributed by atoms with van der Waals surface area (Å²) in [5.41, 5.74) is 2.93. The van der Waals surface area contributed by atoms with Crippen molar-refractivity contribution in [2.24, 2.45) is 0 Å². The number of hydrogen-bond acceptors (Lipinski definition) is 6. The molecule has 0 fully saturated rings. The molecule has 0 aromatic carbocycles. The minimum Gasteiger partial charge on any atom is -0.383 e. The van der Waals surface area contributed by atoms with Gasteiger partial charge in [-0.05, 0) is 45.4 Å². The van der Waals surface area contributed by atoms with Crippen molar-refractivity contribution >= 4 is 12.0 Å². The average molecular weight is 371 g/mol. The molecule has 2 rings (SSSR count). The maximum absolute atomic E-state index is 12.3. The lowest BCUT2D eigenvalue weighted by Crippen LogP contribution is -2.26. The van der Waals surface area contributed by atoms with Crippen LogP contribution >= 0.6 is 0 Å². The number of amides is 1. The highest BCUT2D eigenvalue weighted by atomic mass is 16.5. The predicted octanol–water partition coefficient (Wildman–Crippen LogP) is 2.27. The van der Waals surface area contributed by atoms with Gasteiger partial charge in [-0.3, -0.25) is 4.79 Å². The minimum atomic E-state index is -0.427. The Morgan fingerprint density at radius 1 is 1.48 bits per heavy atom. The maximum Gasteiger partial charge on any atom is 0.261 e. The minimum absolute atomic E-state index is 0.0522. The first-order valence-corrected chi connectivity index (χ1v) is 8.73. The number of methoxy groups -OCH3 is 1. The summed E-state index contributed by atoms with van der Waals surface area (Å²) in [6, 6.07) is 4.10. The molecule has 0 radical (unpaired) electrons. The van der Waals surface area contributed by atoms with Gasteiger partial charge in [0.1, 0.15) is 11.6 Å². The van der Waals surface area contributed by atoms with E-state index in [0.717, 1.165) is 17.0 Å². The van der Waals surface area contributed by atoms with Gasteiger partial charge in [-0.1, -0.05) is 5.16 Å². The zero-order valence-corrected chi connectivity index (χ0v) is 16.4. The SMILES string of the molecule is COCC(C)n1c(C)cc(/C=C(/C#N)C(=O)NCCc2nc(C)no2)c1C. The fraction of sp³-hybridized carbons (Fsp3) is 0.474. The number of nitriles is 1. The van der Waals surface area contributed by atoms with Crippen LogP contribution in [0.15, 0.2) is 16.2 Å². The van der Waals surface area contributed by atoms with E-state index >= 15 is 0 Å².